The monoisotopic (exact) mass is 298 g/mol. The van der Waals surface area contributed by atoms with Gasteiger partial charge in [-0.1, -0.05) is 13.8 Å². The third kappa shape index (κ3) is 2.87. The summed E-state index contributed by atoms with van der Waals surface area (Å²) < 4.78 is 78.1. The SMILES string of the molecule is CCC1(C)C(Cl)CC1OC(C(F)(F)F)C(F)(F)F. The first-order chi connectivity index (χ1) is 7.93. The molecule has 0 aromatic carbocycles. The predicted molar refractivity (Wildman–Crippen MR) is 53.4 cm³/mol. The van der Waals surface area contributed by atoms with Crippen molar-refractivity contribution in [3.63, 3.8) is 0 Å². The molecular formula is C10H13ClF6O. The third-order valence-corrected chi connectivity index (χ3v) is 4.21. The van der Waals surface area contributed by atoms with Crippen LogP contribution in [0.2, 0.25) is 0 Å². The first-order valence-corrected chi connectivity index (χ1v) is 5.79. The van der Waals surface area contributed by atoms with Crippen LogP contribution in [0.4, 0.5) is 26.3 Å². The molecule has 1 saturated carbocycles. The molecule has 1 fully saturated rings. The van der Waals surface area contributed by atoms with Gasteiger partial charge < -0.3 is 4.74 Å². The van der Waals surface area contributed by atoms with Gasteiger partial charge in [0.2, 0.25) is 6.10 Å². The highest BCUT2D eigenvalue weighted by atomic mass is 35.5. The van der Waals surface area contributed by atoms with Crippen molar-refractivity contribution in [2.24, 2.45) is 5.41 Å². The minimum Gasteiger partial charge on any atom is -0.357 e. The molecule has 3 unspecified atom stereocenters. The molecule has 1 aliphatic carbocycles. The Hall–Kier alpha value is -0.170. The number of rotatable bonds is 3. The molecular weight excluding hydrogens is 286 g/mol. The van der Waals surface area contributed by atoms with E-state index in [1.807, 2.05) is 0 Å². The van der Waals surface area contributed by atoms with Crippen LogP contribution >= 0.6 is 11.6 Å². The van der Waals surface area contributed by atoms with E-state index in [-0.39, 0.29) is 6.42 Å². The third-order valence-electron chi connectivity index (χ3n) is 3.53. The zero-order valence-corrected chi connectivity index (χ0v) is 10.5. The molecule has 108 valence electrons. The molecule has 1 aliphatic rings. The fraction of sp³-hybridized carbons (Fsp3) is 1.00. The van der Waals surface area contributed by atoms with Crippen molar-refractivity contribution in [3.05, 3.63) is 0 Å². The molecule has 0 saturated heterocycles. The van der Waals surface area contributed by atoms with E-state index in [1.165, 1.54) is 6.92 Å². The molecule has 0 amide bonds. The van der Waals surface area contributed by atoms with Crippen LogP contribution in [0.3, 0.4) is 0 Å². The summed E-state index contributed by atoms with van der Waals surface area (Å²) in [5, 5.41) is -0.463. The lowest BCUT2D eigenvalue weighted by molar-refractivity contribution is -0.345. The molecule has 0 aromatic heterocycles. The maximum Gasteiger partial charge on any atom is 0.423 e. The first-order valence-electron chi connectivity index (χ1n) is 5.36. The molecule has 1 nitrogen and oxygen atoms in total. The average molecular weight is 299 g/mol. The zero-order chi connectivity index (χ0) is 14.4. The normalized spacial score (nSPS) is 33.7. The fourth-order valence-electron chi connectivity index (χ4n) is 1.93. The van der Waals surface area contributed by atoms with Gasteiger partial charge in [0.05, 0.1) is 6.10 Å². The van der Waals surface area contributed by atoms with Gasteiger partial charge in [0.1, 0.15) is 0 Å². The molecule has 0 aliphatic heterocycles. The van der Waals surface area contributed by atoms with Crippen molar-refractivity contribution in [2.75, 3.05) is 0 Å². The lowest BCUT2D eigenvalue weighted by Crippen LogP contribution is -2.58. The summed E-state index contributed by atoms with van der Waals surface area (Å²) in [5.41, 5.74) is -0.851. The minimum absolute atomic E-state index is 0.00540. The van der Waals surface area contributed by atoms with E-state index in [1.54, 1.807) is 6.92 Å². The van der Waals surface area contributed by atoms with Crippen molar-refractivity contribution in [1.82, 2.24) is 0 Å². The molecule has 3 atom stereocenters. The summed E-state index contributed by atoms with van der Waals surface area (Å²) in [6, 6.07) is 0. The molecule has 0 heterocycles. The second kappa shape index (κ2) is 4.74. The van der Waals surface area contributed by atoms with Crippen LogP contribution in [-0.2, 0) is 4.74 Å². The van der Waals surface area contributed by atoms with Gasteiger partial charge in [-0.15, -0.1) is 11.6 Å². The maximum absolute atomic E-state index is 12.3. The van der Waals surface area contributed by atoms with E-state index in [2.05, 4.69) is 4.74 Å². The highest BCUT2D eigenvalue weighted by Crippen LogP contribution is 2.51. The van der Waals surface area contributed by atoms with Gasteiger partial charge >= 0.3 is 12.4 Å². The van der Waals surface area contributed by atoms with E-state index in [0.717, 1.165) is 0 Å². The fourth-order valence-corrected chi connectivity index (χ4v) is 2.39. The maximum atomic E-state index is 12.3. The second-order valence-electron chi connectivity index (χ2n) is 4.65. The van der Waals surface area contributed by atoms with Crippen LogP contribution in [0.1, 0.15) is 26.7 Å². The van der Waals surface area contributed by atoms with Crippen molar-refractivity contribution in [3.8, 4) is 0 Å². The van der Waals surface area contributed by atoms with E-state index in [4.69, 9.17) is 11.6 Å². The number of ether oxygens (including phenoxy) is 1. The van der Waals surface area contributed by atoms with Gasteiger partial charge in [0.15, 0.2) is 0 Å². The molecule has 0 bridgehead atoms. The molecule has 18 heavy (non-hydrogen) atoms. The number of halogens is 7. The highest BCUT2D eigenvalue weighted by Gasteiger charge is 2.62. The quantitative estimate of drug-likeness (QED) is 0.558. The van der Waals surface area contributed by atoms with Crippen LogP contribution in [0.5, 0.6) is 0 Å². The molecule has 8 heteroatoms. The van der Waals surface area contributed by atoms with Gasteiger partial charge in [0, 0.05) is 10.8 Å². The number of hydrogen-bond acceptors (Lipinski definition) is 1. The topological polar surface area (TPSA) is 9.23 Å². The highest BCUT2D eigenvalue weighted by molar-refractivity contribution is 6.21. The molecule has 1 rings (SSSR count). The van der Waals surface area contributed by atoms with Crippen LogP contribution in [0.25, 0.3) is 0 Å². The van der Waals surface area contributed by atoms with E-state index in [0.29, 0.717) is 6.42 Å². The smallest absolute Gasteiger partial charge is 0.357 e. The largest absolute Gasteiger partial charge is 0.423 e. The summed E-state index contributed by atoms with van der Waals surface area (Å²) >= 11 is 5.82. The average Bonchev–Trinajstić information content (AvgIpc) is 2.18. The van der Waals surface area contributed by atoms with Crippen LogP contribution in [0, 0.1) is 5.41 Å². The Balaban J connectivity index is 2.82. The Morgan fingerprint density at radius 2 is 1.67 bits per heavy atom. The molecule has 0 aromatic rings. The van der Waals surface area contributed by atoms with Gasteiger partial charge in [-0.2, -0.15) is 26.3 Å². The summed E-state index contributed by atoms with van der Waals surface area (Å²) in [7, 11) is 0. The Labute approximate surface area is 105 Å². The zero-order valence-electron chi connectivity index (χ0n) is 9.70. The van der Waals surface area contributed by atoms with Gasteiger partial charge in [-0.3, -0.25) is 0 Å². The summed E-state index contributed by atoms with van der Waals surface area (Å²) in [6.45, 7) is 3.18. The lowest BCUT2D eigenvalue weighted by atomic mass is 9.65. The standard InChI is InChI=1S/C10H13ClF6O/c1-3-8(2)5(11)4-6(8)18-7(9(12,13)14)10(15,16)17/h5-7H,3-4H2,1-2H3. The van der Waals surface area contributed by atoms with Gasteiger partial charge in [-0.25, -0.2) is 0 Å². The predicted octanol–water partition coefficient (Wildman–Crippen LogP) is 4.29. The van der Waals surface area contributed by atoms with Gasteiger partial charge in [0.25, 0.3) is 0 Å². The Bertz CT molecular complexity index is 288. The van der Waals surface area contributed by atoms with E-state index >= 15 is 0 Å². The number of alkyl halides is 7. The Kier molecular flexibility index (Phi) is 4.18. The van der Waals surface area contributed by atoms with Crippen molar-refractivity contribution in [1.29, 1.82) is 0 Å². The summed E-state index contributed by atoms with van der Waals surface area (Å²) in [5.74, 6) is 0. The van der Waals surface area contributed by atoms with Crippen LogP contribution < -0.4 is 0 Å². The van der Waals surface area contributed by atoms with Crippen molar-refractivity contribution < 1.29 is 31.1 Å². The van der Waals surface area contributed by atoms with Gasteiger partial charge in [-0.05, 0) is 12.8 Å². The second-order valence-corrected chi connectivity index (χ2v) is 5.18. The number of hydrogen-bond donors (Lipinski definition) is 0. The Morgan fingerprint density at radius 1 is 1.22 bits per heavy atom. The lowest BCUT2D eigenvalue weighted by Gasteiger charge is -2.51. The van der Waals surface area contributed by atoms with Crippen molar-refractivity contribution >= 4 is 11.6 Å². The molecule has 0 N–H and O–H groups in total. The Morgan fingerprint density at radius 3 is 1.94 bits per heavy atom. The summed E-state index contributed by atoms with van der Waals surface area (Å²) in [4.78, 5) is 0. The molecule has 0 radical (unpaired) electrons. The van der Waals surface area contributed by atoms with E-state index < -0.39 is 35.4 Å². The summed E-state index contributed by atoms with van der Waals surface area (Å²) in [6.07, 6.45) is -15.5. The van der Waals surface area contributed by atoms with E-state index in [9.17, 15) is 26.3 Å². The molecule has 0 spiro atoms. The van der Waals surface area contributed by atoms with Crippen molar-refractivity contribution in [2.45, 2.75) is 56.6 Å². The van der Waals surface area contributed by atoms with Crippen LogP contribution in [0.15, 0.2) is 0 Å². The first kappa shape index (κ1) is 15.9. The van der Waals surface area contributed by atoms with Crippen LogP contribution in [-0.4, -0.2) is 29.9 Å². The minimum atomic E-state index is -5.47.